The molecule has 0 radical (unpaired) electrons. The highest BCUT2D eigenvalue weighted by molar-refractivity contribution is 5.77. The molecule has 0 saturated heterocycles. The number of ether oxygens (including phenoxy) is 2. The second-order valence-electron chi connectivity index (χ2n) is 7.07. The maximum Gasteiger partial charge on any atom is 0.270 e. The molecule has 29 heavy (non-hydrogen) atoms. The molecule has 1 aliphatic rings. The summed E-state index contributed by atoms with van der Waals surface area (Å²) in [6.45, 7) is 1.17. The zero-order valence-electron chi connectivity index (χ0n) is 16.5. The van der Waals surface area contributed by atoms with Crippen molar-refractivity contribution in [2.24, 2.45) is 0 Å². The number of fused-ring (bicyclic) bond motifs is 2. The largest absolute Gasteiger partial charge is 0.493 e. The third-order valence-electron chi connectivity index (χ3n) is 5.32. The van der Waals surface area contributed by atoms with Crippen LogP contribution in [0.3, 0.4) is 0 Å². The molecule has 7 nitrogen and oxygen atoms in total. The van der Waals surface area contributed by atoms with Gasteiger partial charge in [-0.1, -0.05) is 12.1 Å². The monoisotopic (exact) mass is 393 g/mol. The van der Waals surface area contributed by atoms with Gasteiger partial charge in [0.05, 0.1) is 25.3 Å². The molecule has 150 valence electrons. The van der Waals surface area contributed by atoms with Crippen LogP contribution in [0, 0.1) is 0 Å². The summed E-state index contributed by atoms with van der Waals surface area (Å²) in [7, 11) is 3.22. The lowest BCUT2D eigenvalue weighted by molar-refractivity contribution is -0.132. The minimum atomic E-state index is -0.239. The number of benzene rings is 2. The normalized spacial score (nSPS) is 13.2. The number of nitrogens with one attached hydrogen (secondary N) is 1. The van der Waals surface area contributed by atoms with Crippen molar-refractivity contribution in [3.8, 4) is 11.5 Å². The fraction of sp³-hybridized carbons (Fsp3) is 0.318. The van der Waals surface area contributed by atoms with E-state index in [1.165, 1.54) is 5.56 Å². The Bertz CT molecular complexity index is 1120. The molecule has 0 saturated carbocycles. The fourth-order valence-electron chi connectivity index (χ4n) is 3.72. The van der Waals surface area contributed by atoms with E-state index in [0.717, 1.165) is 17.5 Å². The molecule has 4 rings (SSSR count). The standard InChI is InChI=1S/C22H23N3O4/c1-28-19-11-14-9-10-25(13-15(14)12-20(19)29-2)21(26)8-7-18-22(27)24-17-6-4-3-5-16(17)23-18/h3-6,11-12H,7-10,13H2,1-2H3,(H,24,27). The SMILES string of the molecule is COc1cc2c(cc1OC)CN(C(=O)CCc1nc3ccccc3[nH]c1=O)CC2. The van der Waals surface area contributed by atoms with E-state index in [0.29, 0.717) is 42.2 Å². The van der Waals surface area contributed by atoms with Gasteiger partial charge in [0.15, 0.2) is 11.5 Å². The average molecular weight is 393 g/mol. The Labute approximate surface area is 168 Å². The van der Waals surface area contributed by atoms with E-state index in [-0.39, 0.29) is 17.9 Å². The van der Waals surface area contributed by atoms with Gasteiger partial charge in [-0.3, -0.25) is 9.59 Å². The zero-order chi connectivity index (χ0) is 20.4. The van der Waals surface area contributed by atoms with Crippen molar-refractivity contribution in [2.75, 3.05) is 20.8 Å². The van der Waals surface area contributed by atoms with Crippen LogP contribution in [-0.4, -0.2) is 41.5 Å². The maximum atomic E-state index is 12.8. The van der Waals surface area contributed by atoms with E-state index in [2.05, 4.69) is 9.97 Å². The minimum absolute atomic E-state index is 0.0137. The number of amides is 1. The molecule has 2 aromatic carbocycles. The van der Waals surface area contributed by atoms with Gasteiger partial charge in [-0.15, -0.1) is 0 Å². The number of aromatic nitrogens is 2. The summed E-state index contributed by atoms with van der Waals surface area (Å²) in [5.74, 6) is 1.37. The zero-order valence-corrected chi connectivity index (χ0v) is 16.5. The van der Waals surface area contributed by atoms with E-state index in [4.69, 9.17) is 9.47 Å². The number of hydrogen-bond donors (Lipinski definition) is 1. The van der Waals surface area contributed by atoms with E-state index in [1.807, 2.05) is 41.3 Å². The van der Waals surface area contributed by atoms with Crippen LogP contribution in [0.15, 0.2) is 41.2 Å². The Kier molecular flexibility index (Phi) is 5.20. The molecule has 7 heteroatoms. The fourth-order valence-corrected chi connectivity index (χ4v) is 3.72. The van der Waals surface area contributed by atoms with Crippen LogP contribution >= 0.6 is 0 Å². The number of nitrogens with zero attached hydrogens (tertiary/aromatic N) is 2. The van der Waals surface area contributed by atoms with Gasteiger partial charge < -0.3 is 19.4 Å². The second kappa shape index (κ2) is 7.95. The van der Waals surface area contributed by atoms with Crippen molar-refractivity contribution < 1.29 is 14.3 Å². The van der Waals surface area contributed by atoms with Gasteiger partial charge >= 0.3 is 0 Å². The third-order valence-corrected chi connectivity index (χ3v) is 5.32. The van der Waals surface area contributed by atoms with Crippen molar-refractivity contribution in [2.45, 2.75) is 25.8 Å². The lowest BCUT2D eigenvalue weighted by atomic mass is 9.98. The van der Waals surface area contributed by atoms with Gasteiger partial charge in [-0.05, 0) is 41.8 Å². The second-order valence-corrected chi connectivity index (χ2v) is 7.07. The molecule has 1 aliphatic heterocycles. The van der Waals surface area contributed by atoms with E-state index < -0.39 is 0 Å². The summed E-state index contributed by atoms with van der Waals surface area (Å²) < 4.78 is 10.7. The number of methoxy groups -OCH3 is 2. The molecule has 1 amide bonds. The molecule has 0 unspecified atom stereocenters. The third kappa shape index (κ3) is 3.81. The van der Waals surface area contributed by atoms with Crippen LogP contribution < -0.4 is 15.0 Å². The Morgan fingerprint density at radius 3 is 2.62 bits per heavy atom. The summed E-state index contributed by atoms with van der Waals surface area (Å²) in [4.78, 5) is 34.1. The van der Waals surface area contributed by atoms with Gasteiger partial charge in [-0.25, -0.2) is 4.98 Å². The molecule has 1 N–H and O–H groups in total. The topological polar surface area (TPSA) is 84.5 Å². The van der Waals surface area contributed by atoms with Crippen molar-refractivity contribution in [1.82, 2.24) is 14.9 Å². The summed E-state index contributed by atoms with van der Waals surface area (Å²) in [6, 6.07) is 11.3. The van der Waals surface area contributed by atoms with Crippen LogP contribution in [0.5, 0.6) is 11.5 Å². The molecule has 0 fully saturated rings. The highest BCUT2D eigenvalue weighted by Gasteiger charge is 2.23. The van der Waals surface area contributed by atoms with Gasteiger partial charge in [0.1, 0.15) is 5.69 Å². The summed E-state index contributed by atoms with van der Waals surface area (Å²) in [5.41, 5.74) is 3.80. The van der Waals surface area contributed by atoms with Crippen LogP contribution in [0.4, 0.5) is 0 Å². The molecule has 0 aliphatic carbocycles. The van der Waals surface area contributed by atoms with E-state index >= 15 is 0 Å². The van der Waals surface area contributed by atoms with Crippen molar-refractivity contribution in [3.05, 3.63) is 63.6 Å². The highest BCUT2D eigenvalue weighted by atomic mass is 16.5. The molecule has 3 aromatic rings. The van der Waals surface area contributed by atoms with Crippen LogP contribution in [0.25, 0.3) is 11.0 Å². The average Bonchev–Trinajstić information content (AvgIpc) is 2.75. The molecular formula is C22H23N3O4. The number of carbonyl (C=O) groups is 1. The van der Waals surface area contributed by atoms with Crippen molar-refractivity contribution in [1.29, 1.82) is 0 Å². The minimum Gasteiger partial charge on any atom is -0.493 e. The first-order chi connectivity index (χ1) is 14.1. The Morgan fingerprint density at radius 1 is 1.14 bits per heavy atom. The maximum absolute atomic E-state index is 12.8. The molecule has 0 spiro atoms. The van der Waals surface area contributed by atoms with Gasteiger partial charge in [0, 0.05) is 25.9 Å². The lowest BCUT2D eigenvalue weighted by Gasteiger charge is -2.29. The quantitative estimate of drug-likeness (QED) is 0.720. The van der Waals surface area contributed by atoms with Gasteiger partial charge in [0.2, 0.25) is 5.91 Å². The molecular weight excluding hydrogens is 370 g/mol. The first-order valence-corrected chi connectivity index (χ1v) is 9.58. The van der Waals surface area contributed by atoms with Crippen molar-refractivity contribution in [3.63, 3.8) is 0 Å². The number of aryl methyl sites for hydroxylation is 1. The first-order valence-electron chi connectivity index (χ1n) is 9.58. The predicted molar refractivity (Wildman–Crippen MR) is 109 cm³/mol. The number of rotatable bonds is 5. The van der Waals surface area contributed by atoms with Gasteiger partial charge in [-0.2, -0.15) is 0 Å². The Morgan fingerprint density at radius 2 is 1.86 bits per heavy atom. The Hall–Kier alpha value is -3.35. The molecule has 0 bridgehead atoms. The smallest absolute Gasteiger partial charge is 0.270 e. The highest BCUT2D eigenvalue weighted by Crippen LogP contribution is 2.33. The summed E-state index contributed by atoms with van der Waals surface area (Å²) in [6.07, 6.45) is 1.32. The van der Waals surface area contributed by atoms with Crippen molar-refractivity contribution >= 4 is 16.9 Å². The first kappa shape index (κ1) is 19.0. The number of hydrogen-bond acceptors (Lipinski definition) is 5. The van der Waals surface area contributed by atoms with E-state index in [9.17, 15) is 9.59 Å². The molecule has 0 atom stereocenters. The summed E-state index contributed by atoms with van der Waals surface area (Å²) in [5, 5.41) is 0. The van der Waals surface area contributed by atoms with Crippen LogP contribution in [-0.2, 0) is 24.2 Å². The predicted octanol–water partition coefficient (Wildman–Crippen LogP) is 2.46. The van der Waals surface area contributed by atoms with Crippen LogP contribution in [0.2, 0.25) is 0 Å². The number of H-pyrrole nitrogens is 1. The summed E-state index contributed by atoms with van der Waals surface area (Å²) >= 11 is 0. The number of carbonyl (C=O) groups excluding carboxylic acids is 1. The van der Waals surface area contributed by atoms with Gasteiger partial charge in [0.25, 0.3) is 5.56 Å². The molecule has 2 heterocycles. The molecule has 1 aromatic heterocycles. The van der Waals surface area contributed by atoms with Crippen LogP contribution in [0.1, 0.15) is 23.2 Å². The Balaban J connectivity index is 1.46. The van der Waals surface area contributed by atoms with E-state index in [1.54, 1.807) is 14.2 Å². The lowest BCUT2D eigenvalue weighted by Crippen LogP contribution is -2.36. The number of aromatic amines is 1. The number of para-hydroxylation sites is 2.